The zero-order valence-corrected chi connectivity index (χ0v) is 8.63. The number of rotatable bonds is 3. The molecule has 0 atom stereocenters. The van der Waals surface area contributed by atoms with Crippen LogP contribution in [0.3, 0.4) is 0 Å². The molecule has 14 heavy (non-hydrogen) atoms. The third kappa shape index (κ3) is 2.49. The lowest BCUT2D eigenvalue weighted by molar-refractivity contribution is -0.139. The predicted octanol–water partition coefficient (Wildman–Crippen LogP) is 2.08. The SMILES string of the molecule is Cc1cc(C)c(OCC(=O)O)c(C)c1. The van der Waals surface area contributed by atoms with Gasteiger partial charge in [-0.05, 0) is 31.9 Å². The number of aryl methyl sites for hydroxylation is 3. The van der Waals surface area contributed by atoms with Crippen molar-refractivity contribution in [3.05, 3.63) is 28.8 Å². The lowest BCUT2D eigenvalue weighted by atomic mass is 10.1. The zero-order valence-electron chi connectivity index (χ0n) is 8.63. The van der Waals surface area contributed by atoms with E-state index in [1.54, 1.807) is 0 Å². The maximum atomic E-state index is 10.3. The molecule has 0 amide bonds. The molecule has 0 saturated carbocycles. The monoisotopic (exact) mass is 194 g/mol. The zero-order chi connectivity index (χ0) is 10.7. The molecule has 0 spiro atoms. The molecule has 1 rings (SSSR count). The fraction of sp³-hybridized carbons (Fsp3) is 0.364. The first-order chi connectivity index (χ1) is 6.50. The van der Waals surface area contributed by atoms with E-state index < -0.39 is 5.97 Å². The Kier molecular flexibility index (Phi) is 3.12. The van der Waals surface area contributed by atoms with E-state index in [0.29, 0.717) is 5.75 Å². The minimum absolute atomic E-state index is 0.287. The molecule has 0 saturated heterocycles. The van der Waals surface area contributed by atoms with Crippen molar-refractivity contribution < 1.29 is 14.6 Å². The highest BCUT2D eigenvalue weighted by molar-refractivity contribution is 5.68. The van der Waals surface area contributed by atoms with E-state index in [1.165, 1.54) is 0 Å². The second-order valence-electron chi connectivity index (χ2n) is 3.41. The average Bonchev–Trinajstić information content (AvgIpc) is 2.01. The summed E-state index contributed by atoms with van der Waals surface area (Å²) in [6, 6.07) is 3.95. The molecule has 0 bridgehead atoms. The van der Waals surface area contributed by atoms with Gasteiger partial charge in [0.2, 0.25) is 0 Å². The van der Waals surface area contributed by atoms with Gasteiger partial charge in [0.15, 0.2) is 6.61 Å². The number of hydrogen-bond donors (Lipinski definition) is 1. The Morgan fingerprint density at radius 3 is 2.21 bits per heavy atom. The summed E-state index contributed by atoms with van der Waals surface area (Å²) >= 11 is 0. The van der Waals surface area contributed by atoms with E-state index in [1.807, 2.05) is 32.9 Å². The highest BCUT2D eigenvalue weighted by atomic mass is 16.5. The van der Waals surface area contributed by atoms with Gasteiger partial charge in [0, 0.05) is 0 Å². The number of benzene rings is 1. The van der Waals surface area contributed by atoms with Crippen LogP contribution >= 0.6 is 0 Å². The Hall–Kier alpha value is -1.51. The highest BCUT2D eigenvalue weighted by Gasteiger charge is 2.06. The van der Waals surface area contributed by atoms with Crippen LogP contribution in [-0.4, -0.2) is 17.7 Å². The summed E-state index contributed by atoms with van der Waals surface area (Å²) in [6.45, 7) is 5.54. The Labute approximate surface area is 83.3 Å². The second-order valence-corrected chi connectivity index (χ2v) is 3.41. The van der Waals surface area contributed by atoms with Crippen LogP contribution in [0.2, 0.25) is 0 Å². The van der Waals surface area contributed by atoms with Gasteiger partial charge in [0.05, 0.1) is 0 Å². The van der Waals surface area contributed by atoms with Gasteiger partial charge in [-0.2, -0.15) is 0 Å². The van der Waals surface area contributed by atoms with Crippen molar-refractivity contribution in [1.29, 1.82) is 0 Å². The molecule has 0 aromatic heterocycles. The summed E-state index contributed by atoms with van der Waals surface area (Å²) in [5.41, 5.74) is 3.11. The molecule has 0 aliphatic carbocycles. The highest BCUT2D eigenvalue weighted by Crippen LogP contribution is 2.24. The van der Waals surface area contributed by atoms with Crippen molar-refractivity contribution in [1.82, 2.24) is 0 Å². The fourth-order valence-corrected chi connectivity index (χ4v) is 1.53. The minimum Gasteiger partial charge on any atom is -0.481 e. The lowest BCUT2D eigenvalue weighted by Gasteiger charge is -2.11. The summed E-state index contributed by atoms with van der Waals surface area (Å²) in [7, 11) is 0. The smallest absolute Gasteiger partial charge is 0.341 e. The largest absolute Gasteiger partial charge is 0.481 e. The number of carbonyl (C=O) groups is 1. The molecule has 0 radical (unpaired) electrons. The normalized spacial score (nSPS) is 9.93. The van der Waals surface area contributed by atoms with Gasteiger partial charge in [-0.1, -0.05) is 17.7 Å². The van der Waals surface area contributed by atoms with Crippen LogP contribution in [0, 0.1) is 20.8 Å². The van der Waals surface area contributed by atoms with Crippen molar-refractivity contribution in [2.75, 3.05) is 6.61 Å². The molecule has 1 aromatic rings. The Morgan fingerprint density at radius 1 is 1.29 bits per heavy atom. The van der Waals surface area contributed by atoms with Crippen LogP contribution in [0.15, 0.2) is 12.1 Å². The summed E-state index contributed by atoms with van der Waals surface area (Å²) < 4.78 is 5.18. The van der Waals surface area contributed by atoms with E-state index in [2.05, 4.69) is 0 Å². The topological polar surface area (TPSA) is 46.5 Å². The van der Waals surface area contributed by atoms with Crippen molar-refractivity contribution in [2.45, 2.75) is 20.8 Å². The van der Waals surface area contributed by atoms with Crippen LogP contribution < -0.4 is 4.74 Å². The molecule has 3 nitrogen and oxygen atoms in total. The first-order valence-electron chi connectivity index (χ1n) is 4.43. The van der Waals surface area contributed by atoms with Crippen molar-refractivity contribution >= 4 is 5.97 Å². The van der Waals surface area contributed by atoms with E-state index in [0.717, 1.165) is 16.7 Å². The minimum atomic E-state index is -0.954. The fourth-order valence-electron chi connectivity index (χ4n) is 1.53. The van der Waals surface area contributed by atoms with Gasteiger partial charge in [0.25, 0.3) is 0 Å². The van der Waals surface area contributed by atoms with Crippen LogP contribution in [0.4, 0.5) is 0 Å². The molecule has 0 fully saturated rings. The number of aliphatic carboxylic acids is 1. The van der Waals surface area contributed by atoms with Crippen LogP contribution in [0.25, 0.3) is 0 Å². The van der Waals surface area contributed by atoms with E-state index in [-0.39, 0.29) is 6.61 Å². The molecule has 0 aliphatic heterocycles. The molecule has 76 valence electrons. The number of carboxylic acid groups (broad SMARTS) is 1. The first-order valence-corrected chi connectivity index (χ1v) is 4.43. The van der Waals surface area contributed by atoms with E-state index in [4.69, 9.17) is 9.84 Å². The van der Waals surface area contributed by atoms with Crippen molar-refractivity contribution in [2.24, 2.45) is 0 Å². The summed E-state index contributed by atoms with van der Waals surface area (Å²) in [5.74, 6) is -0.276. The van der Waals surface area contributed by atoms with Gasteiger partial charge in [-0.3, -0.25) is 0 Å². The van der Waals surface area contributed by atoms with Gasteiger partial charge < -0.3 is 9.84 Å². The third-order valence-electron chi connectivity index (χ3n) is 1.94. The lowest BCUT2D eigenvalue weighted by Crippen LogP contribution is -2.10. The van der Waals surface area contributed by atoms with Gasteiger partial charge in [-0.25, -0.2) is 4.79 Å². The van der Waals surface area contributed by atoms with Crippen LogP contribution in [0.5, 0.6) is 5.75 Å². The van der Waals surface area contributed by atoms with Gasteiger partial charge in [-0.15, -0.1) is 0 Å². The van der Waals surface area contributed by atoms with Crippen molar-refractivity contribution in [3.63, 3.8) is 0 Å². The van der Waals surface area contributed by atoms with Crippen molar-refractivity contribution in [3.8, 4) is 5.75 Å². The van der Waals surface area contributed by atoms with E-state index in [9.17, 15) is 4.79 Å². The average molecular weight is 194 g/mol. The molecular formula is C11H14O3. The second kappa shape index (κ2) is 4.13. The summed E-state index contributed by atoms with van der Waals surface area (Å²) in [5, 5.41) is 8.49. The maximum Gasteiger partial charge on any atom is 0.341 e. The molecule has 1 aromatic carbocycles. The van der Waals surface area contributed by atoms with E-state index >= 15 is 0 Å². The number of carboxylic acids is 1. The standard InChI is InChI=1S/C11H14O3/c1-7-4-8(2)11(9(3)5-7)14-6-10(12)13/h4-5H,6H2,1-3H3,(H,12,13). The molecular weight excluding hydrogens is 180 g/mol. The van der Waals surface area contributed by atoms with Crippen LogP contribution in [-0.2, 0) is 4.79 Å². The number of ether oxygens (including phenoxy) is 1. The number of hydrogen-bond acceptors (Lipinski definition) is 2. The third-order valence-corrected chi connectivity index (χ3v) is 1.94. The predicted molar refractivity (Wildman–Crippen MR) is 53.8 cm³/mol. The maximum absolute atomic E-state index is 10.3. The molecule has 0 heterocycles. The first kappa shape index (κ1) is 10.6. The molecule has 0 unspecified atom stereocenters. The van der Waals surface area contributed by atoms with Crippen LogP contribution in [0.1, 0.15) is 16.7 Å². The van der Waals surface area contributed by atoms with Gasteiger partial charge in [0.1, 0.15) is 5.75 Å². The van der Waals surface area contributed by atoms with Gasteiger partial charge >= 0.3 is 5.97 Å². The summed E-state index contributed by atoms with van der Waals surface area (Å²) in [4.78, 5) is 10.3. The Bertz CT molecular complexity index is 333. The Morgan fingerprint density at radius 2 is 1.79 bits per heavy atom. The molecule has 1 N–H and O–H groups in total. The molecule has 0 aliphatic rings. The Balaban J connectivity index is 2.91. The quantitative estimate of drug-likeness (QED) is 0.801. The summed E-state index contributed by atoms with van der Waals surface area (Å²) in [6.07, 6.45) is 0. The molecule has 3 heteroatoms.